The van der Waals surface area contributed by atoms with Crippen molar-refractivity contribution in [2.75, 3.05) is 0 Å². The van der Waals surface area contributed by atoms with Crippen LogP contribution in [0.15, 0.2) is 45.9 Å². The number of ether oxygens (including phenoxy) is 1. The second-order valence-electron chi connectivity index (χ2n) is 8.52. The Morgan fingerprint density at radius 3 is 2.80 bits per heavy atom. The van der Waals surface area contributed by atoms with E-state index in [0.717, 1.165) is 23.3 Å². The third-order valence-electron chi connectivity index (χ3n) is 5.89. The maximum absolute atomic E-state index is 12.7. The van der Waals surface area contributed by atoms with Gasteiger partial charge in [0, 0.05) is 30.2 Å². The van der Waals surface area contributed by atoms with Gasteiger partial charge >= 0.3 is 5.97 Å². The number of carbonyl (C=O) groups is 1. The minimum atomic E-state index is -0.228. The Hall–Kier alpha value is -3.00. The molecule has 3 unspecified atom stereocenters. The van der Waals surface area contributed by atoms with Crippen LogP contribution in [0.5, 0.6) is 0 Å². The van der Waals surface area contributed by atoms with Crippen LogP contribution >= 0.6 is 0 Å². The molecule has 1 fully saturated rings. The second kappa shape index (κ2) is 9.21. The number of rotatable bonds is 9. The Morgan fingerprint density at radius 1 is 1.40 bits per heavy atom. The monoisotopic (exact) mass is 406 g/mol. The van der Waals surface area contributed by atoms with Gasteiger partial charge in [0.2, 0.25) is 0 Å². The Balaban J connectivity index is 1.59. The van der Waals surface area contributed by atoms with E-state index in [-0.39, 0.29) is 29.8 Å². The van der Waals surface area contributed by atoms with Crippen molar-refractivity contribution < 1.29 is 13.9 Å². The first kappa shape index (κ1) is 21.7. The van der Waals surface area contributed by atoms with E-state index in [4.69, 9.17) is 15.6 Å². The summed E-state index contributed by atoms with van der Waals surface area (Å²) in [5, 5.41) is 4.30. The molecule has 1 aliphatic rings. The SMILES string of the molecule is C#Cc1oc(Cc2ccccc2)cc1COC(=O)C1C(C=NNC(C)CC)C1(C)C. The lowest BCUT2D eigenvalue weighted by Crippen LogP contribution is -2.19. The first-order valence-electron chi connectivity index (χ1n) is 10.4. The van der Waals surface area contributed by atoms with Crippen molar-refractivity contribution in [1.29, 1.82) is 0 Å². The minimum absolute atomic E-state index is 0.0617. The molecule has 0 aliphatic heterocycles. The molecule has 1 aromatic heterocycles. The van der Waals surface area contributed by atoms with Gasteiger partial charge in [0.05, 0.1) is 5.92 Å². The van der Waals surface area contributed by atoms with Crippen LogP contribution in [0.3, 0.4) is 0 Å². The maximum atomic E-state index is 12.7. The van der Waals surface area contributed by atoms with Gasteiger partial charge in [-0.1, -0.05) is 51.1 Å². The van der Waals surface area contributed by atoms with Gasteiger partial charge in [-0.05, 0) is 36.3 Å². The molecule has 1 saturated carbocycles. The minimum Gasteiger partial charge on any atom is -0.460 e. The van der Waals surface area contributed by atoms with Gasteiger partial charge in [0.1, 0.15) is 12.4 Å². The van der Waals surface area contributed by atoms with Gasteiger partial charge in [-0.2, -0.15) is 5.10 Å². The maximum Gasteiger partial charge on any atom is 0.310 e. The van der Waals surface area contributed by atoms with E-state index in [0.29, 0.717) is 18.2 Å². The highest BCUT2D eigenvalue weighted by Gasteiger charge is 2.62. The highest BCUT2D eigenvalue weighted by Crippen LogP contribution is 2.57. The molecule has 3 atom stereocenters. The molecule has 0 spiro atoms. The predicted octanol–water partition coefficient (Wildman–Crippen LogP) is 4.54. The zero-order valence-corrected chi connectivity index (χ0v) is 18.1. The smallest absolute Gasteiger partial charge is 0.310 e. The van der Waals surface area contributed by atoms with Crippen LogP contribution in [0.2, 0.25) is 0 Å². The number of esters is 1. The molecule has 5 heteroatoms. The van der Waals surface area contributed by atoms with Gasteiger partial charge in [0.25, 0.3) is 0 Å². The molecule has 1 N–H and O–H groups in total. The van der Waals surface area contributed by atoms with Gasteiger partial charge in [0.15, 0.2) is 5.76 Å². The van der Waals surface area contributed by atoms with Crippen molar-refractivity contribution >= 4 is 12.2 Å². The molecular weight excluding hydrogens is 376 g/mol. The van der Waals surface area contributed by atoms with E-state index < -0.39 is 0 Å². The summed E-state index contributed by atoms with van der Waals surface area (Å²) < 4.78 is 11.4. The molecule has 1 aliphatic carbocycles. The van der Waals surface area contributed by atoms with Crippen LogP contribution in [-0.4, -0.2) is 18.2 Å². The molecule has 1 aromatic carbocycles. The van der Waals surface area contributed by atoms with E-state index in [1.54, 1.807) is 0 Å². The molecule has 0 bridgehead atoms. The Bertz CT molecular complexity index is 937. The van der Waals surface area contributed by atoms with Crippen molar-refractivity contribution in [1.82, 2.24) is 5.43 Å². The molecule has 1 heterocycles. The zero-order valence-electron chi connectivity index (χ0n) is 18.1. The molecule has 0 amide bonds. The number of nitrogens with one attached hydrogen (secondary N) is 1. The summed E-state index contributed by atoms with van der Waals surface area (Å²) in [6.07, 6.45) is 9.05. The Morgan fingerprint density at radius 2 is 2.13 bits per heavy atom. The molecule has 158 valence electrons. The first-order chi connectivity index (χ1) is 14.4. The van der Waals surface area contributed by atoms with E-state index in [1.807, 2.05) is 42.6 Å². The fraction of sp³-hybridized carbons (Fsp3) is 0.440. The van der Waals surface area contributed by atoms with Crippen molar-refractivity contribution in [3.05, 3.63) is 59.0 Å². The number of terminal acetylenes is 1. The van der Waals surface area contributed by atoms with Crippen LogP contribution in [0, 0.1) is 29.6 Å². The summed E-state index contributed by atoms with van der Waals surface area (Å²) in [4.78, 5) is 12.7. The number of carbonyl (C=O) groups excluding carboxylic acids is 1. The number of furan rings is 1. The lowest BCUT2D eigenvalue weighted by Gasteiger charge is -2.06. The van der Waals surface area contributed by atoms with Crippen molar-refractivity contribution in [2.24, 2.45) is 22.4 Å². The summed E-state index contributed by atoms with van der Waals surface area (Å²) in [7, 11) is 0. The van der Waals surface area contributed by atoms with E-state index in [9.17, 15) is 4.79 Å². The number of nitrogens with zero attached hydrogens (tertiary/aromatic N) is 1. The molecule has 30 heavy (non-hydrogen) atoms. The van der Waals surface area contributed by atoms with Crippen LogP contribution < -0.4 is 5.43 Å². The van der Waals surface area contributed by atoms with Crippen LogP contribution in [0.4, 0.5) is 0 Å². The number of hydrazone groups is 1. The molecule has 2 aromatic rings. The average Bonchev–Trinajstić information content (AvgIpc) is 3.07. The third kappa shape index (κ3) is 4.94. The molecular formula is C25H30N2O3. The summed E-state index contributed by atoms with van der Waals surface area (Å²) in [5.41, 5.74) is 4.77. The summed E-state index contributed by atoms with van der Waals surface area (Å²) in [5.74, 6) is 3.36. The van der Waals surface area contributed by atoms with E-state index in [2.05, 4.69) is 44.1 Å². The van der Waals surface area contributed by atoms with Crippen LogP contribution in [0.25, 0.3) is 0 Å². The molecule has 0 saturated heterocycles. The largest absolute Gasteiger partial charge is 0.460 e. The Labute approximate surface area is 178 Å². The standard InChI is InChI=1S/C25H30N2O3/c1-6-17(3)27-26-15-21-23(25(21,4)5)24(28)29-16-19-14-20(30-22(19)7-2)13-18-11-9-8-10-12-18/h2,8-12,14-15,17,21,23,27H,6,13,16H2,1,3-5H3. The summed E-state index contributed by atoms with van der Waals surface area (Å²) >= 11 is 0. The normalized spacial score (nSPS) is 20.5. The van der Waals surface area contributed by atoms with E-state index >= 15 is 0 Å². The highest BCUT2D eigenvalue weighted by molar-refractivity contribution is 5.85. The quantitative estimate of drug-likeness (QED) is 0.287. The topological polar surface area (TPSA) is 63.8 Å². The van der Waals surface area contributed by atoms with Crippen LogP contribution in [-0.2, 0) is 22.6 Å². The lowest BCUT2D eigenvalue weighted by atomic mass is 10.1. The lowest BCUT2D eigenvalue weighted by molar-refractivity contribution is -0.147. The Kier molecular flexibility index (Phi) is 6.66. The van der Waals surface area contributed by atoms with Crippen molar-refractivity contribution in [3.63, 3.8) is 0 Å². The van der Waals surface area contributed by atoms with E-state index in [1.165, 1.54) is 0 Å². The molecule has 5 nitrogen and oxygen atoms in total. The number of benzene rings is 1. The number of hydrogen-bond donors (Lipinski definition) is 1. The highest BCUT2D eigenvalue weighted by atomic mass is 16.5. The fourth-order valence-electron chi connectivity index (χ4n) is 3.59. The van der Waals surface area contributed by atoms with Gasteiger partial charge in [-0.15, -0.1) is 6.42 Å². The molecule has 3 rings (SSSR count). The second-order valence-corrected chi connectivity index (χ2v) is 8.52. The molecule has 0 radical (unpaired) electrons. The van der Waals surface area contributed by atoms with Gasteiger partial charge in [-0.3, -0.25) is 4.79 Å². The summed E-state index contributed by atoms with van der Waals surface area (Å²) in [6, 6.07) is 12.2. The fourth-order valence-corrected chi connectivity index (χ4v) is 3.59. The predicted molar refractivity (Wildman–Crippen MR) is 118 cm³/mol. The first-order valence-corrected chi connectivity index (χ1v) is 10.4. The van der Waals surface area contributed by atoms with Gasteiger partial charge < -0.3 is 14.6 Å². The number of hydrogen-bond acceptors (Lipinski definition) is 5. The van der Waals surface area contributed by atoms with Crippen molar-refractivity contribution in [2.45, 2.75) is 53.2 Å². The van der Waals surface area contributed by atoms with Crippen LogP contribution in [0.1, 0.15) is 56.8 Å². The third-order valence-corrected chi connectivity index (χ3v) is 5.89. The van der Waals surface area contributed by atoms with Crippen molar-refractivity contribution in [3.8, 4) is 12.3 Å². The average molecular weight is 407 g/mol. The van der Waals surface area contributed by atoms with Gasteiger partial charge in [-0.25, -0.2) is 0 Å². The summed E-state index contributed by atoms with van der Waals surface area (Å²) in [6.45, 7) is 8.39. The zero-order chi connectivity index (χ0) is 21.7.